The van der Waals surface area contributed by atoms with Crippen LogP contribution in [0.4, 0.5) is 23.8 Å². The first-order valence-corrected chi connectivity index (χ1v) is 52.9. The van der Waals surface area contributed by atoms with Gasteiger partial charge in [-0.05, 0) is 116 Å². The maximum Gasteiger partial charge on any atom is 0.356 e. The molecule has 12 N–H and O–H groups in total. The van der Waals surface area contributed by atoms with Crippen molar-refractivity contribution in [1.29, 1.82) is 0 Å². The van der Waals surface area contributed by atoms with E-state index in [4.69, 9.17) is 129 Å². The molecule has 0 radical (unpaired) electrons. The van der Waals surface area contributed by atoms with E-state index >= 15 is 0 Å². The zero-order valence-corrected chi connectivity index (χ0v) is 85.3. The van der Waals surface area contributed by atoms with Crippen LogP contribution in [0.15, 0.2) is 208 Å². The van der Waals surface area contributed by atoms with Crippen LogP contribution >= 0.6 is 76.8 Å². The maximum atomic E-state index is 13.6. The number of fused-ring (bicyclic) bond motifs is 4. The molecule has 16 rings (SSSR count). The third-order valence-electron chi connectivity index (χ3n) is 21.2. The number of ether oxygens (including phenoxy) is 5. The number of benzene rings is 7. The van der Waals surface area contributed by atoms with E-state index in [1.165, 1.54) is 32.4 Å². The second kappa shape index (κ2) is 52.0. The van der Waals surface area contributed by atoms with Gasteiger partial charge >= 0.3 is 30.4 Å². The molecule has 1 fully saturated rings. The Labute approximate surface area is 851 Å². The minimum Gasteiger partial charge on any atom is -0.496 e. The highest BCUT2D eigenvalue weighted by Crippen LogP contribution is 2.53. The van der Waals surface area contributed by atoms with Gasteiger partial charge in [-0.2, -0.15) is 19.9 Å². The summed E-state index contributed by atoms with van der Waals surface area (Å²) in [7, 11) is -13.8. The summed E-state index contributed by atoms with van der Waals surface area (Å²) in [6.07, 6.45) is 5.79. The Balaban J connectivity index is 0.000000163. The zero-order valence-electron chi connectivity index (χ0n) is 78.7. The van der Waals surface area contributed by atoms with Gasteiger partial charge in [0, 0.05) is 68.9 Å². The highest BCUT2D eigenvalue weighted by Gasteiger charge is 2.35. The monoisotopic (exact) mass is 2160 g/mol. The number of nitrogens with one attached hydrogen (secondary N) is 4. The second-order valence-electron chi connectivity index (χ2n) is 32.5. The molecule has 146 heavy (non-hydrogen) atoms. The molecule has 0 amide bonds. The number of nitrogen functional groups attached to an aromatic ring is 4. The molecule has 8 heterocycles. The molecule has 53 heteroatoms. The topological polar surface area (TPSA) is 615 Å². The largest absolute Gasteiger partial charge is 0.496 e. The fraction of sp³-hybridized carbons (Fsp3) is 0.290. The van der Waals surface area contributed by atoms with E-state index in [1.807, 2.05) is 45.0 Å². The molecular weight excluding hydrogens is 2060 g/mol. The Morgan fingerprint density at radius 1 is 0.363 bits per heavy atom. The van der Waals surface area contributed by atoms with Crippen molar-refractivity contribution >= 4 is 168 Å². The number of nitrogens with zero attached hydrogens (tertiary/aromatic N) is 12. The number of anilines is 4. The third kappa shape index (κ3) is 32.6. The lowest BCUT2D eigenvalue weighted by Gasteiger charge is -2.19. The molecule has 8 aromatic heterocycles. The average molecular weight is 2160 g/mol. The van der Waals surface area contributed by atoms with Gasteiger partial charge in [-0.15, -0.1) is 0 Å². The summed E-state index contributed by atoms with van der Waals surface area (Å²) >= 11 is 24.1. The average Bonchev–Trinajstić information content (AvgIpc) is 1.67. The number of ketones is 4. The van der Waals surface area contributed by atoms with Crippen LogP contribution in [0.25, 0.3) is 44.7 Å². The van der Waals surface area contributed by atoms with Crippen LogP contribution in [0.3, 0.4) is 0 Å². The molecule has 7 aromatic carbocycles. The van der Waals surface area contributed by atoms with Crippen LogP contribution < -0.4 is 49.9 Å². The molecule has 15 aromatic rings. The Bertz CT molecular complexity index is 7390. The first-order valence-electron chi connectivity index (χ1n) is 44.5. The molecular formula is C93H100Cl4N20O25P4. The van der Waals surface area contributed by atoms with E-state index in [1.54, 1.807) is 158 Å². The number of hydrogen-bond acceptors (Lipinski definition) is 37. The van der Waals surface area contributed by atoms with E-state index in [9.17, 15) is 56.6 Å². The normalized spacial score (nSPS) is 13.6. The fourth-order valence-corrected chi connectivity index (χ4v) is 19.2. The maximum absolute atomic E-state index is 13.6. The lowest BCUT2D eigenvalue weighted by molar-refractivity contribution is -0.122. The van der Waals surface area contributed by atoms with Gasteiger partial charge in [0.2, 0.25) is 23.8 Å². The smallest absolute Gasteiger partial charge is 0.356 e. The number of aromatic amines is 4. The standard InChI is InChI=1S/C25H27ClN5O7P.2C24H25ClN5O6P.C20H23ClN5O6P/c1-16-6-7-18(11-21(16)35-2)20(32)13-38-39(34,37-12-17-4-3-5-19(26)10-17)15-36-9-8-31-14-28-22-23(31)29-25(27)30-24(22)33;2*1-16-5-7-18(8-6-16)20(31)13-36-37(33,35-12-17-3-2-4-19(25)11-17)15-34-10-9-30-14-27-21-22(30)28-24(26)29-23(21)32;21-15-3-1-2-13(8-15)9-31-33(29,32-10-16(27)14-4-5-14)12-30-7-6-26-11-23-17-18(26)24-20(22)25-19(17)28/h3-7,10-11,14H,8-9,12-13,15H2,1-2H3,(H3,27,29,30,33);2*2-8,11,14H,9-10,12-13,15H2,1H3,(H3,26,28,29,32);1-3,8,11,14H,4-7,9-10,12H2,(H3,22,24,25,28). The number of aryl methyl sites for hydroxylation is 3. The van der Waals surface area contributed by atoms with Crippen LogP contribution in [-0.4, -0.2) is 187 Å². The third-order valence-corrected chi connectivity index (χ3v) is 28.3. The number of imidazole rings is 4. The van der Waals surface area contributed by atoms with Crippen molar-refractivity contribution in [3.63, 3.8) is 0 Å². The van der Waals surface area contributed by atoms with Crippen LogP contribution in [-0.2, 0) is 131 Å². The van der Waals surface area contributed by atoms with Crippen LogP contribution in [0.2, 0.25) is 20.1 Å². The highest BCUT2D eigenvalue weighted by atomic mass is 35.5. The molecule has 1 saturated carbocycles. The molecule has 770 valence electrons. The Morgan fingerprint density at radius 3 is 0.897 bits per heavy atom. The van der Waals surface area contributed by atoms with Crippen molar-refractivity contribution in [3.8, 4) is 5.75 Å². The second-order valence-corrected chi connectivity index (χ2v) is 42.2. The number of methoxy groups -OCH3 is 1. The summed E-state index contributed by atoms with van der Waals surface area (Å²) in [6, 6.07) is 46.5. The molecule has 4 atom stereocenters. The Kier molecular flexibility index (Phi) is 39.3. The van der Waals surface area contributed by atoms with Crippen LogP contribution in [0, 0.1) is 26.7 Å². The molecule has 0 saturated heterocycles. The molecule has 0 bridgehead atoms. The lowest BCUT2D eigenvalue weighted by atomic mass is 10.1. The number of H-pyrrole nitrogens is 4. The van der Waals surface area contributed by atoms with Crippen molar-refractivity contribution in [2.45, 2.75) is 86.2 Å². The number of rotatable bonds is 49. The van der Waals surface area contributed by atoms with E-state index in [0.717, 1.165) is 29.5 Å². The van der Waals surface area contributed by atoms with Gasteiger partial charge in [-0.1, -0.05) is 167 Å². The van der Waals surface area contributed by atoms with Crippen molar-refractivity contribution in [1.82, 2.24) is 78.1 Å². The first-order chi connectivity index (χ1) is 69.9. The highest BCUT2D eigenvalue weighted by molar-refractivity contribution is 7.54. The van der Waals surface area contributed by atoms with Gasteiger partial charge in [0.1, 0.15) is 57.6 Å². The summed E-state index contributed by atoms with van der Waals surface area (Å²) in [4.78, 5) is 140. The summed E-state index contributed by atoms with van der Waals surface area (Å²) in [6.45, 7) is 5.05. The van der Waals surface area contributed by atoms with Gasteiger partial charge in [0.15, 0.2) is 67.8 Å². The number of carbonyl (C=O) groups is 4. The number of aromatic nitrogens is 16. The van der Waals surface area contributed by atoms with Gasteiger partial charge < -0.3 is 83.0 Å². The number of Topliss-reactive ketones (excluding diaryl/α,β-unsaturated/α-hetero) is 4. The molecule has 45 nitrogen and oxygen atoms in total. The Hall–Kier alpha value is -12.8. The van der Waals surface area contributed by atoms with Crippen LogP contribution in [0.1, 0.15) is 82.9 Å². The Morgan fingerprint density at radius 2 is 0.630 bits per heavy atom. The van der Waals surface area contributed by atoms with Gasteiger partial charge in [-0.25, -0.2) is 19.9 Å². The van der Waals surface area contributed by atoms with Crippen molar-refractivity contribution in [3.05, 3.63) is 306 Å². The van der Waals surface area contributed by atoms with Crippen molar-refractivity contribution < 1.29 is 97.3 Å². The first kappa shape index (κ1) is 110. The van der Waals surface area contributed by atoms with E-state index in [2.05, 4.69) is 59.8 Å². The minimum atomic E-state index is -3.91. The SMILES string of the molecule is COc1cc(C(=O)COP(=O)(COCCn2cnc3c(=O)[nH]c(N)nc32)OCc2cccc(Cl)c2)ccc1C.Cc1ccc(C(=O)COP(=O)(COCCn2cnc3c(=O)[nH]c(N)nc32)OCc2cccc(Cl)c2)cc1.Cc1ccc(C(=O)COP(=O)(COCCn2cnc3c(=O)[nH]c(N)nc32)OCc2cccc(Cl)c2)cc1.Nc1nc2c(ncn2CCOCP(=O)(OCC(=O)C2CC2)OCc2cccc(Cl)c2)c(=O)[nH]1. The predicted molar refractivity (Wildman–Crippen MR) is 544 cm³/mol. The zero-order chi connectivity index (χ0) is 104. The minimum absolute atomic E-state index is 0.0169. The predicted octanol–water partition coefficient (Wildman–Crippen LogP) is 14.6. The summed E-state index contributed by atoms with van der Waals surface area (Å²) in [5, 5.41) is 2.02. The lowest BCUT2D eigenvalue weighted by Crippen LogP contribution is -2.14. The summed E-state index contributed by atoms with van der Waals surface area (Å²) in [5.74, 6) is -0.799. The summed E-state index contributed by atoms with van der Waals surface area (Å²) in [5.41, 5.74) is 29.2. The molecule has 0 spiro atoms. The molecule has 4 unspecified atom stereocenters. The van der Waals surface area contributed by atoms with Gasteiger partial charge in [0.05, 0.1) is 85.3 Å². The number of carbonyl (C=O) groups excluding carboxylic acids is 4. The van der Waals surface area contributed by atoms with E-state index < -0.39 is 97.3 Å². The number of hydrogen-bond donors (Lipinski definition) is 8. The number of nitrogens with two attached hydrogens (primary N) is 4. The quantitative estimate of drug-likeness (QED) is 0.00997. The van der Waals surface area contributed by atoms with Crippen LogP contribution in [0.5, 0.6) is 5.75 Å². The van der Waals surface area contributed by atoms with Crippen molar-refractivity contribution in [2.24, 2.45) is 5.92 Å². The summed E-state index contributed by atoms with van der Waals surface area (Å²) < 4.78 is 132. The van der Waals surface area contributed by atoms with E-state index in [-0.39, 0.29) is 167 Å². The molecule has 1 aliphatic carbocycles. The fourth-order valence-electron chi connectivity index (χ4n) is 13.4. The molecule has 0 aliphatic heterocycles. The number of halogens is 4. The van der Waals surface area contributed by atoms with E-state index in [0.29, 0.717) is 81.7 Å². The van der Waals surface area contributed by atoms with Crippen molar-refractivity contribution in [2.75, 3.05) is 108 Å². The van der Waals surface area contributed by atoms with Gasteiger partial charge in [-0.3, -0.25) is 94.6 Å². The van der Waals surface area contributed by atoms with Gasteiger partial charge in [0.25, 0.3) is 22.2 Å². The molecule has 1 aliphatic rings.